The Balaban J connectivity index is 1.61. The van der Waals surface area contributed by atoms with Crippen molar-refractivity contribution in [3.05, 3.63) is 21.9 Å². The van der Waals surface area contributed by atoms with E-state index in [0.29, 0.717) is 25.0 Å². The zero-order valence-corrected chi connectivity index (χ0v) is 13.0. The third kappa shape index (κ3) is 4.91. The number of carbonyl (C=O) groups excluding carboxylic acids is 1. The molecule has 1 fully saturated rings. The number of aliphatic hydroxyl groups is 1. The van der Waals surface area contributed by atoms with E-state index in [0.717, 1.165) is 38.5 Å². The van der Waals surface area contributed by atoms with Crippen LogP contribution in [0.1, 0.15) is 48.3 Å². The van der Waals surface area contributed by atoms with E-state index in [1.807, 2.05) is 11.3 Å². The maximum atomic E-state index is 11.9. The fourth-order valence-corrected chi connectivity index (χ4v) is 3.76. The van der Waals surface area contributed by atoms with Gasteiger partial charge < -0.3 is 10.4 Å². The van der Waals surface area contributed by atoms with Crippen LogP contribution in [0, 0.1) is 12.8 Å². The zero-order chi connectivity index (χ0) is 14.4. The summed E-state index contributed by atoms with van der Waals surface area (Å²) in [4.78, 5) is 14.6. The van der Waals surface area contributed by atoms with Gasteiger partial charge in [0.15, 0.2) is 0 Å². The summed E-state index contributed by atoms with van der Waals surface area (Å²) in [6.07, 6.45) is 6.66. The summed E-state index contributed by atoms with van der Waals surface area (Å²) in [5.41, 5.74) is 0. The van der Waals surface area contributed by atoms with Crippen LogP contribution in [0.3, 0.4) is 0 Å². The highest BCUT2D eigenvalue weighted by Crippen LogP contribution is 2.23. The van der Waals surface area contributed by atoms with E-state index in [1.54, 1.807) is 0 Å². The lowest BCUT2D eigenvalue weighted by Gasteiger charge is -2.27. The highest BCUT2D eigenvalue weighted by molar-refractivity contribution is 7.11. The molecule has 0 aliphatic heterocycles. The molecule has 1 aliphatic rings. The minimum absolute atomic E-state index is 0.186. The second-order valence-corrected chi connectivity index (χ2v) is 7.21. The van der Waals surface area contributed by atoms with Crippen molar-refractivity contribution in [3.63, 3.8) is 0 Å². The molecule has 0 unspecified atom stereocenters. The first kappa shape index (κ1) is 15.5. The number of aryl methyl sites for hydroxylation is 2. The summed E-state index contributed by atoms with van der Waals surface area (Å²) in [7, 11) is 0. The Labute approximate surface area is 125 Å². The van der Waals surface area contributed by atoms with E-state index in [2.05, 4.69) is 24.4 Å². The fraction of sp³-hybridized carbons (Fsp3) is 0.688. The Morgan fingerprint density at radius 1 is 1.35 bits per heavy atom. The van der Waals surface area contributed by atoms with E-state index in [1.165, 1.54) is 9.75 Å². The van der Waals surface area contributed by atoms with Gasteiger partial charge in [0.2, 0.25) is 5.91 Å². The van der Waals surface area contributed by atoms with Gasteiger partial charge in [-0.15, -0.1) is 11.3 Å². The molecule has 1 heterocycles. The summed E-state index contributed by atoms with van der Waals surface area (Å²) in [5.74, 6) is 0.635. The van der Waals surface area contributed by atoms with E-state index >= 15 is 0 Å². The number of aliphatic hydroxyl groups excluding tert-OH is 1. The molecule has 1 aromatic heterocycles. The van der Waals surface area contributed by atoms with Crippen molar-refractivity contribution in [3.8, 4) is 0 Å². The summed E-state index contributed by atoms with van der Waals surface area (Å²) in [6.45, 7) is 2.41. The van der Waals surface area contributed by atoms with Gasteiger partial charge in [-0.2, -0.15) is 0 Å². The summed E-state index contributed by atoms with van der Waals surface area (Å²) >= 11 is 1.82. The van der Waals surface area contributed by atoms with E-state index < -0.39 is 0 Å². The Bertz CT molecular complexity index is 422. The topological polar surface area (TPSA) is 49.3 Å². The number of hydrogen-bond acceptors (Lipinski definition) is 3. The molecular formula is C16H25NO2S. The molecule has 0 aromatic carbocycles. The number of amides is 1. The first-order chi connectivity index (χ1) is 9.67. The molecule has 1 aromatic rings. The molecule has 0 radical (unpaired) electrons. The maximum absolute atomic E-state index is 11.9. The molecule has 1 amide bonds. The zero-order valence-electron chi connectivity index (χ0n) is 12.2. The van der Waals surface area contributed by atoms with Crippen molar-refractivity contribution in [2.45, 2.75) is 57.9 Å². The molecule has 0 spiro atoms. The lowest BCUT2D eigenvalue weighted by atomic mass is 9.86. The van der Waals surface area contributed by atoms with Crippen molar-refractivity contribution in [2.75, 3.05) is 6.61 Å². The fourth-order valence-electron chi connectivity index (χ4n) is 2.83. The molecule has 2 rings (SSSR count). The highest BCUT2D eigenvalue weighted by atomic mass is 32.1. The molecule has 3 nitrogen and oxygen atoms in total. The normalized spacial score (nSPS) is 22.7. The second-order valence-electron chi connectivity index (χ2n) is 5.83. The van der Waals surface area contributed by atoms with Crippen LogP contribution in [0.2, 0.25) is 0 Å². The predicted molar refractivity (Wildman–Crippen MR) is 83.0 cm³/mol. The van der Waals surface area contributed by atoms with Crippen LogP contribution in [0.15, 0.2) is 12.1 Å². The monoisotopic (exact) mass is 295 g/mol. The first-order valence-corrected chi connectivity index (χ1v) is 8.44. The highest BCUT2D eigenvalue weighted by Gasteiger charge is 2.21. The largest absolute Gasteiger partial charge is 0.396 e. The van der Waals surface area contributed by atoms with E-state index in [-0.39, 0.29) is 5.91 Å². The summed E-state index contributed by atoms with van der Waals surface area (Å²) in [6, 6.07) is 4.63. The van der Waals surface area contributed by atoms with Gasteiger partial charge in [-0.3, -0.25) is 4.79 Å². The Hall–Kier alpha value is -0.870. The average molecular weight is 295 g/mol. The molecule has 2 N–H and O–H groups in total. The smallest absolute Gasteiger partial charge is 0.220 e. The van der Waals surface area contributed by atoms with Gasteiger partial charge in [-0.05, 0) is 63.5 Å². The minimum atomic E-state index is 0.186. The van der Waals surface area contributed by atoms with Crippen molar-refractivity contribution in [1.82, 2.24) is 5.32 Å². The second kappa shape index (κ2) is 7.79. The van der Waals surface area contributed by atoms with Crippen LogP contribution in [-0.4, -0.2) is 23.7 Å². The van der Waals surface area contributed by atoms with Crippen LogP contribution in [0.5, 0.6) is 0 Å². The van der Waals surface area contributed by atoms with Gasteiger partial charge >= 0.3 is 0 Å². The number of rotatable bonds is 6. The van der Waals surface area contributed by atoms with Gasteiger partial charge in [-0.25, -0.2) is 0 Å². The van der Waals surface area contributed by atoms with Crippen LogP contribution in [-0.2, 0) is 11.2 Å². The predicted octanol–water partition coefficient (Wildman–Crippen LogP) is 3.05. The van der Waals surface area contributed by atoms with Gasteiger partial charge in [0.25, 0.3) is 0 Å². The summed E-state index contributed by atoms with van der Waals surface area (Å²) in [5, 5.41) is 12.2. The number of carbonyl (C=O) groups is 1. The van der Waals surface area contributed by atoms with Gasteiger partial charge in [0.1, 0.15) is 0 Å². The molecule has 112 valence electrons. The molecule has 0 atom stereocenters. The molecule has 20 heavy (non-hydrogen) atoms. The standard InChI is InChI=1S/C16H25NO2S/c1-12-5-10-15(20-12)3-2-4-16(19)17-14-8-6-13(11-18)7-9-14/h5,10,13-14,18H,2-4,6-9,11H2,1H3,(H,17,19). The number of thiophene rings is 1. The average Bonchev–Trinajstić information content (AvgIpc) is 2.85. The van der Waals surface area contributed by atoms with Gasteiger partial charge in [-0.1, -0.05) is 0 Å². The lowest BCUT2D eigenvalue weighted by molar-refractivity contribution is -0.122. The van der Waals surface area contributed by atoms with Gasteiger partial charge in [0.05, 0.1) is 0 Å². The van der Waals surface area contributed by atoms with Crippen molar-refractivity contribution < 1.29 is 9.90 Å². The van der Waals surface area contributed by atoms with E-state index in [9.17, 15) is 4.79 Å². The summed E-state index contributed by atoms with van der Waals surface area (Å²) < 4.78 is 0. The third-order valence-electron chi connectivity index (χ3n) is 4.09. The van der Waals surface area contributed by atoms with Crippen LogP contribution in [0.4, 0.5) is 0 Å². The van der Waals surface area contributed by atoms with Crippen LogP contribution < -0.4 is 5.32 Å². The van der Waals surface area contributed by atoms with Crippen molar-refractivity contribution in [1.29, 1.82) is 0 Å². The SMILES string of the molecule is Cc1ccc(CCCC(=O)NC2CCC(CO)CC2)s1. The Kier molecular flexibility index (Phi) is 6.05. The third-order valence-corrected chi connectivity index (χ3v) is 5.15. The first-order valence-electron chi connectivity index (χ1n) is 7.63. The molecule has 0 bridgehead atoms. The molecular weight excluding hydrogens is 270 g/mol. The molecule has 4 heteroatoms. The van der Waals surface area contributed by atoms with Crippen LogP contribution in [0.25, 0.3) is 0 Å². The van der Waals surface area contributed by atoms with E-state index in [4.69, 9.17) is 5.11 Å². The maximum Gasteiger partial charge on any atom is 0.220 e. The lowest BCUT2D eigenvalue weighted by Crippen LogP contribution is -2.38. The number of nitrogens with one attached hydrogen (secondary N) is 1. The molecule has 1 aliphatic carbocycles. The Morgan fingerprint density at radius 3 is 2.70 bits per heavy atom. The quantitative estimate of drug-likeness (QED) is 0.847. The number of hydrogen-bond donors (Lipinski definition) is 2. The van der Waals surface area contributed by atoms with Crippen molar-refractivity contribution in [2.24, 2.45) is 5.92 Å². The van der Waals surface area contributed by atoms with Gasteiger partial charge in [0, 0.05) is 28.8 Å². The molecule has 1 saturated carbocycles. The van der Waals surface area contributed by atoms with Crippen LogP contribution >= 0.6 is 11.3 Å². The molecule has 0 saturated heterocycles. The minimum Gasteiger partial charge on any atom is -0.396 e. The van der Waals surface area contributed by atoms with Crippen molar-refractivity contribution >= 4 is 17.2 Å². The Morgan fingerprint density at radius 2 is 2.10 bits per heavy atom.